The van der Waals surface area contributed by atoms with Crippen molar-refractivity contribution in [1.29, 1.82) is 0 Å². The monoisotopic (exact) mass is 424 g/mol. The van der Waals surface area contributed by atoms with Gasteiger partial charge in [0.05, 0.1) is 10.5 Å². The number of fused-ring (bicyclic) bond motifs is 1. The highest BCUT2D eigenvalue weighted by Crippen LogP contribution is 2.39. The fourth-order valence-corrected chi connectivity index (χ4v) is 3.59. The predicted molar refractivity (Wildman–Crippen MR) is 98.6 cm³/mol. The second kappa shape index (κ2) is 6.68. The Morgan fingerprint density at radius 3 is 2.61 bits per heavy atom. The van der Waals surface area contributed by atoms with Crippen LogP contribution in [0, 0.1) is 0 Å². The van der Waals surface area contributed by atoms with Crippen molar-refractivity contribution in [3.8, 4) is 11.1 Å². The molecule has 0 saturated carbocycles. The first-order valence-electron chi connectivity index (χ1n) is 7.72. The number of halogens is 4. The molecule has 1 N–H and O–H groups in total. The maximum atomic E-state index is 13.1. The van der Waals surface area contributed by atoms with E-state index in [1.807, 2.05) is 0 Å². The average Bonchev–Trinajstić information content (AvgIpc) is 3.16. The van der Waals surface area contributed by atoms with Crippen LogP contribution in [0.3, 0.4) is 0 Å². The highest BCUT2D eigenvalue weighted by atomic mass is 35.5. The second-order valence-electron chi connectivity index (χ2n) is 5.80. The third-order valence-corrected chi connectivity index (χ3v) is 5.08. The number of thioether (sulfide) groups is 1. The number of furan rings is 1. The van der Waals surface area contributed by atoms with Gasteiger partial charge in [-0.25, -0.2) is 0 Å². The number of hydrogen-bond donors (Lipinski definition) is 1. The van der Waals surface area contributed by atoms with Crippen LogP contribution < -0.4 is 5.32 Å². The van der Waals surface area contributed by atoms with Gasteiger partial charge in [-0.15, -0.1) is 0 Å². The van der Waals surface area contributed by atoms with E-state index in [1.54, 1.807) is 6.07 Å². The minimum Gasteiger partial charge on any atom is -0.456 e. The normalized spacial score (nSPS) is 16.2. The molecular formula is C18H8ClF3N2O3S. The Morgan fingerprint density at radius 1 is 1.14 bits per heavy atom. The van der Waals surface area contributed by atoms with Gasteiger partial charge in [-0.3, -0.25) is 19.9 Å². The van der Waals surface area contributed by atoms with E-state index in [-0.39, 0.29) is 32.4 Å². The summed E-state index contributed by atoms with van der Waals surface area (Å²) >= 11 is 6.84. The molecule has 1 saturated heterocycles. The van der Waals surface area contributed by atoms with Crippen molar-refractivity contribution in [2.45, 2.75) is 6.18 Å². The molecule has 3 aromatic rings. The van der Waals surface area contributed by atoms with E-state index < -0.39 is 22.9 Å². The lowest BCUT2D eigenvalue weighted by Gasteiger charge is -2.10. The summed E-state index contributed by atoms with van der Waals surface area (Å²) < 4.78 is 44.9. The van der Waals surface area contributed by atoms with E-state index in [4.69, 9.17) is 16.0 Å². The number of aromatic nitrogens is 1. The van der Waals surface area contributed by atoms with Crippen LogP contribution in [0.15, 0.2) is 46.0 Å². The molecule has 1 fully saturated rings. The Hall–Kier alpha value is -2.78. The molecule has 2 amide bonds. The Morgan fingerprint density at radius 2 is 1.93 bits per heavy atom. The number of carbonyl (C=O) groups is 2. The molecule has 28 heavy (non-hydrogen) atoms. The van der Waals surface area contributed by atoms with E-state index in [0.29, 0.717) is 5.39 Å². The van der Waals surface area contributed by atoms with Crippen LogP contribution in [0.25, 0.3) is 28.2 Å². The quantitative estimate of drug-likeness (QED) is 0.551. The maximum absolute atomic E-state index is 13.1. The molecule has 0 unspecified atom stereocenters. The number of hydrogen-bond acceptors (Lipinski definition) is 5. The largest absolute Gasteiger partial charge is 0.456 e. The summed E-state index contributed by atoms with van der Waals surface area (Å²) in [4.78, 5) is 27.1. The minimum absolute atomic E-state index is 0.106. The van der Waals surface area contributed by atoms with Gasteiger partial charge in [0.1, 0.15) is 11.3 Å². The van der Waals surface area contributed by atoms with Gasteiger partial charge in [0.15, 0.2) is 0 Å². The maximum Gasteiger partial charge on any atom is 0.416 e. The first kappa shape index (κ1) is 18.6. The summed E-state index contributed by atoms with van der Waals surface area (Å²) in [6.45, 7) is 0. The van der Waals surface area contributed by atoms with Gasteiger partial charge in [0.25, 0.3) is 11.1 Å². The zero-order valence-electron chi connectivity index (χ0n) is 13.6. The van der Waals surface area contributed by atoms with Crippen LogP contribution in [0.4, 0.5) is 18.0 Å². The number of nitrogens with zero attached hydrogens (tertiary/aromatic N) is 1. The van der Waals surface area contributed by atoms with Crippen molar-refractivity contribution >= 4 is 51.6 Å². The fourth-order valence-electron chi connectivity index (χ4n) is 2.70. The van der Waals surface area contributed by atoms with E-state index >= 15 is 0 Å². The van der Waals surface area contributed by atoms with E-state index in [1.165, 1.54) is 18.5 Å². The Bertz CT molecular complexity index is 1170. The van der Waals surface area contributed by atoms with Gasteiger partial charge in [0.2, 0.25) is 0 Å². The molecule has 1 aliphatic heterocycles. The summed E-state index contributed by atoms with van der Waals surface area (Å²) in [6, 6.07) is 4.55. The number of pyridine rings is 1. The van der Waals surface area contributed by atoms with E-state index in [0.717, 1.165) is 30.0 Å². The van der Waals surface area contributed by atoms with Gasteiger partial charge in [0, 0.05) is 40.0 Å². The number of benzene rings is 1. The molecule has 10 heteroatoms. The highest BCUT2D eigenvalue weighted by molar-refractivity contribution is 8.18. The van der Waals surface area contributed by atoms with Crippen LogP contribution in [-0.4, -0.2) is 16.1 Å². The predicted octanol–water partition coefficient (Wildman–Crippen LogP) is 5.49. The molecule has 2 aromatic heterocycles. The number of imide groups is 1. The van der Waals surface area contributed by atoms with E-state index in [9.17, 15) is 22.8 Å². The lowest BCUT2D eigenvalue weighted by atomic mass is 10.0. The molecule has 3 heterocycles. The summed E-state index contributed by atoms with van der Waals surface area (Å²) in [5.41, 5.74) is -0.197. The molecule has 142 valence electrons. The zero-order chi connectivity index (χ0) is 20.1. The van der Waals surface area contributed by atoms with Crippen molar-refractivity contribution < 1.29 is 27.2 Å². The summed E-state index contributed by atoms with van der Waals surface area (Å²) in [7, 11) is 0. The Labute approximate surface area is 164 Å². The average molecular weight is 425 g/mol. The molecule has 5 nitrogen and oxygen atoms in total. The third kappa shape index (κ3) is 3.38. The third-order valence-electron chi connectivity index (χ3n) is 3.94. The Balaban J connectivity index is 1.84. The van der Waals surface area contributed by atoms with Crippen LogP contribution in [-0.2, 0) is 11.0 Å². The van der Waals surface area contributed by atoms with Crippen molar-refractivity contribution in [2.24, 2.45) is 0 Å². The smallest absolute Gasteiger partial charge is 0.416 e. The summed E-state index contributed by atoms with van der Waals surface area (Å²) in [6.07, 6.45) is -0.328. The second-order valence-corrected chi connectivity index (χ2v) is 7.22. The van der Waals surface area contributed by atoms with Crippen molar-refractivity contribution in [1.82, 2.24) is 10.3 Å². The van der Waals surface area contributed by atoms with Crippen molar-refractivity contribution in [3.05, 3.63) is 57.9 Å². The lowest BCUT2D eigenvalue weighted by molar-refractivity contribution is -0.137. The first-order valence-corrected chi connectivity index (χ1v) is 8.91. The molecule has 1 aliphatic rings. The SMILES string of the molecule is O=C1NC(=O)/C(=C/c2cc3cncc(-c4cc(C(F)(F)F)ccc4Cl)c3o2)S1. The molecule has 0 atom stereocenters. The van der Waals surface area contributed by atoms with Crippen molar-refractivity contribution in [2.75, 3.05) is 0 Å². The van der Waals surface area contributed by atoms with Crippen molar-refractivity contribution in [3.63, 3.8) is 0 Å². The van der Waals surface area contributed by atoms with Gasteiger partial charge in [-0.05, 0) is 36.0 Å². The van der Waals surface area contributed by atoms with E-state index in [2.05, 4.69) is 10.3 Å². The summed E-state index contributed by atoms with van der Waals surface area (Å²) in [5, 5.41) is 2.24. The molecule has 0 spiro atoms. The lowest BCUT2D eigenvalue weighted by Crippen LogP contribution is -2.17. The van der Waals surface area contributed by atoms with Gasteiger partial charge in [-0.1, -0.05) is 11.6 Å². The van der Waals surface area contributed by atoms with Crippen LogP contribution >= 0.6 is 23.4 Å². The topological polar surface area (TPSA) is 72.2 Å². The number of alkyl halides is 3. The van der Waals surface area contributed by atoms with Gasteiger partial charge < -0.3 is 4.42 Å². The fraction of sp³-hybridized carbons (Fsp3) is 0.0556. The molecule has 0 bridgehead atoms. The molecule has 0 radical (unpaired) electrons. The van der Waals surface area contributed by atoms with Crippen LogP contribution in [0.5, 0.6) is 0 Å². The summed E-state index contributed by atoms with van der Waals surface area (Å²) in [5.74, 6) is -0.297. The zero-order valence-corrected chi connectivity index (χ0v) is 15.2. The highest BCUT2D eigenvalue weighted by Gasteiger charge is 2.31. The molecule has 0 aliphatic carbocycles. The first-order chi connectivity index (χ1) is 13.2. The molecular weight excluding hydrogens is 417 g/mol. The molecule has 1 aromatic carbocycles. The Kier molecular flexibility index (Phi) is 4.43. The van der Waals surface area contributed by atoms with Gasteiger partial charge >= 0.3 is 6.18 Å². The van der Waals surface area contributed by atoms with Crippen LogP contribution in [0.2, 0.25) is 5.02 Å². The number of amides is 2. The van der Waals surface area contributed by atoms with Gasteiger partial charge in [-0.2, -0.15) is 13.2 Å². The number of rotatable bonds is 2. The minimum atomic E-state index is -4.53. The standard InChI is InChI=1S/C18H8ClF3N2O3S/c19-13-2-1-9(18(20,21)22)4-11(13)12-7-23-6-8-3-10(27-15(8)12)5-14-16(25)24-17(26)28-14/h1-7H,(H,24,25,26)/b14-5-. The number of carbonyl (C=O) groups excluding carboxylic acids is 2. The van der Waals surface area contributed by atoms with Crippen LogP contribution in [0.1, 0.15) is 11.3 Å². The number of nitrogens with one attached hydrogen (secondary N) is 1. The molecule has 4 rings (SSSR count).